The van der Waals surface area contributed by atoms with Crippen LogP contribution in [0.1, 0.15) is 51.9 Å². The van der Waals surface area contributed by atoms with Gasteiger partial charge in [-0.3, -0.25) is 0 Å². The van der Waals surface area contributed by atoms with E-state index in [1.807, 2.05) is 21.6 Å². The Balaban J connectivity index is 2.01. The van der Waals surface area contributed by atoms with Crippen LogP contribution in [-0.4, -0.2) is 27.6 Å². The van der Waals surface area contributed by atoms with E-state index >= 15 is 0 Å². The van der Waals surface area contributed by atoms with Gasteiger partial charge in [0.2, 0.25) is 0 Å². The molecular formula is C13H23NS3. The van der Waals surface area contributed by atoms with E-state index in [-0.39, 0.29) is 0 Å². The SMILES string of the molecule is CCCC(C1CCCCC1)N1CCSSC1=S. The van der Waals surface area contributed by atoms with Crippen molar-refractivity contribution in [1.29, 1.82) is 0 Å². The quantitative estimate of drug-likeness (QED) is 0.544. The van der Waals surface area contributed by atoms with Crippen molar-refractivity contribution in [2.24, 2.45) is 5.92 Å². The summed E-state index contributed by atoms with van der Waals surface area (Å²) < 4.78 is 1.14. The Morgan fingerprint density at radius 1 is 1.35 bits per heavy atom. The fraction of sp³-hybridized carbons (Fsp3) is 0.923. The molecule has 17 heavy (non-hydrogen) atoms. The molecule has 2 aliphatic rings. The molecule has 0 aromatic heterocycles. The van der Waals surface area contributed by atoms with Crippen LogP contribution in [-0.2, 0) is 0 Å². The Morgan fingerprint density at radius 3 is 2.76 bits per heavy atom. The zero-order valence-corrected chi connectivity index (χ0v) is 13.1. The number of rotatable bonds is 4. The van der Waals surface area contributed by atoms with Crippen LogP contribution in [0.25, 0.3) is 0 Å². The fourth-order valence-corrected chi connectivity index (χ4v) is 5.63. The van der Waals surface area contributed by atoms with E-state index in [2.05, 4.69) is 11.8 Å². The lowest BCUT2D eigenvalue weighted by molar-refractivity contribution is 0.182. The van der Waals surface area contributed by atoms with E-state index < -0.39 is 0 Å². The summed E-state index contributed by atoms with van der Waals surface area (Å²) in [4.78, 5) is 2.55. The molecule has 1 atom stereocenters. The van der Waals surface area contributed by atoms with E-state index in [4.69, 9.17) is 12.2 Å². The maximum absolute atomic E-state index is 5.55. The number of nitrogens with zero attached hydrogens (tertiary/aromatic N) is 1. The molecule has 0 aromatic rings. The Hall–Kier alpha value is 0.590. The third-order valence-electron chi connectivity index (χ3n) is 3.96. The van der Waals surface area contributed by atoms with E-state index in [0.717, 1.165) is 16.3 Å². The van der Waals surface area contributed by atoms with Gasteiger partial charge in [0.25, 0.3) is 0 Å². The molecule has 1 nitrogen and oxygen atoms in total. The molecule has 1 heterocycles. The summed E-state index contributed by atoms with van der Waals surface area (Å²) in [6, 6.07) is 0.737. The zero-order valence-electron chi connectivity index (χ0n) is 10.7. The average Bonchev–Trinajstić information content (AvgIpc) is 2.38. The molecule has 0 radical (unpaired) electrons. The van der Waals surface area contributed by atoms with Gasteiger partial charge in [0.05, 0.1) is 0 Å². The van der Waals surface area contributed by atoms with Crippen LogP contribution in [0.15, 0.2) is 0 Å². The summed E-state index contributed by atoms with van der Waals surface area (Å²) in [7, 11) is 3.74. The molecule has 1 aliphatic carbocycles. The normalized spacial score (nSPS) is 25.0. The Morgan fingerprint density at radius 2 is 2.12 bits per heavy atom. The van der Waals surface area contributed by atoms with Crippen molar-refractivity contribution in [3.8, 4) is 0 Å². The molecule has 0 spiro atoms. The van der Waals surface area contributed by atoms with Crippen LogP contribution in [0.5, 0.6) is 0 Å². The topological polar surface area (TPSA) is 3.24 Å². The van der Waals surface area contributed by atoms with Crippen LogP contribution in [0, 0.1) is 5.92 Å². The number of hydrogen-bond acceptors (Lipinski definition) is 3. The summed E-state index contributed by atoms with van der Waals surface area (Å²) >= 11 is 5.55. The first-order chi connectivity index (χ1) is 8.33. The van der Waals surface area contributed by atoms with Crippen LogP contribution < -0.4 is 0 Å². The van der Waals surface area contributed by atoms with Gasteiger partial charge < -0.3 is 4.90 Å². The first-order valence-corrected chi connectivity index (χ1v) is 9.65. The molecule has 0 amide bonds. The molecule has 1 saturated carbocycles. The van der Waals surface area contributed by atoms with Gasteiger partial charge >= 0.3 is 0 Å². The molecule has 0 N–H and O–H groups in total. The molecule has 2 fully saturated rings. The Kier molecular flexibility index (Phi) is 5.97. The average molecular weight is 290 g/mol. The number of hydrogen-bond donors (Lipinski definition) is 0. The largest absolute Gasteiger partial charge is 0.353 e. The summed E-state index contributed by atoms with van der Waals surface area (Å²) in [5.74, 6) is 2.14. The zero-order chi connectivity index (χ0) is 12.1. The molecular weight excluding hydrogens is 266 g/mol. The lowest BCUT2D eigenvalue weighted by atomic mass is 9.81. The highest BCUT2D eigenvalue weighted by Crippen LogP contribution is 2.37. The van der Waals surface area contributed by atoms with Crippen LogP contribution in [0.2, 0.25) is 0 Å². The van der Waals surface area contributed by atoms with Gasteiger partial charge in [-0.25, -0.2) is 0 Å². The molecule has 2 rings (SSSR count). The smallest absolute Gasteiger partial charge is 0.147 e. The maximum atomic E-state index is 5.55. The van der Waals surface area contributed by atoms with Gasteiger partial charge in [-0.2, -0.15) is 0 Å². The standard InChI is InChI=1S/C13H23NS3/c1-2-6-12(11-7-4-3-5-8-11)14-9-10-16-17-13(14)15/h11-12H,2-10H2,1H3. The summed E-state index contributed by atoms with van der Waals surface area (Å²) in [6.45, 7) is 3.49. The van der Waals surface area contributed by atoms with Crippen LogP contribution >= 0.6 is 33.8 Å². The van der Waals surface area contributed by atoms with Crippen molar-refractivity contribution >= 4 is 38.1 Å². The first kappa shape index (κ1) is 14.0. The van der Waals surface area contributed by atoms with Crippen molar-refractivity contribution < 1.29 is 0 Å². The van der Waals surface area contributed by atoms with E-state index in [0.29, 0.717) is 0 Å². The maximum Gasteiger partial charge on any atom is 0.147 e. The third kappa shape index (κ3) is 3.77. The van der Waals surface area contributed by atoms with E-state index in [1.165, 1.54) is 57.2 Å². The van der Waals surface area contributed by atoms with Gasteiger partial charge in [0.1, 0.15) is 4.32 Å². The molecule has 1 unspecified atom stereocenters. The van der Waals surface area contributed by atoms with Gasteiger partial charge in [0, 0.05) is 18.3 Å². The summed E-state index contributed by atoms with van der Waals surface area (Å²) in [5.41, 5.74) is 0. The second-order valence-corrected chi connectivity index (χ2v) is 8.17. The van der Waals surface area contributed by atoms with Gasteiger partial charge in [-0.05, 0) is 36.0 Å². The van der Waals surface area contributed by atoms with E-state index in [1.54, 1.807) is 0 Å². The lowest BCUT2D eigenvalue weighted by Gasteiger charge is -2.41. The number of thiocarbonyl (C=S) groups is 1. The predicted octanol–water partition coefficient (Wildman–Crippen LogP) is 4.72. The van der Waals surface area contributed by atoms with Gasteiger partial charge in [-0.15, -0.1) is 0 Å². The monoisotopic (exact) mass is 289 g/mol. The highest BCUT2D eigenvalue weighted by atomic mass is 33.1. The molecule has 4 heteroatoms. The van der Waals surface area contributed by atoms with Crippen LogP contribution in [0.3, 0.4) is 0 Å². The minimum absolute atomic E-state index is 0.737. The molecule has 0 aromatic carbocycles. The minimum Gasteiger partial charge on any atom is -0.353 e. The highest BCUT2D eigenvalue weighted by molar-refractivity contribution is 8.83. The molecule has 98 valence electrons. The fourth-order valence-electron chi connectivity index (χ4n) is 3.13. The van der Waals surface area contributed by atoms with Gasteiger partial charge in [0.15, 0.2) is 0 Å². The van der Waals surface area contributed by atoms with Crippen molar-refractivity contribution in [2.75, 3.05) is 12.3 Å². The van der Waals surface area contributed by atoms with Crippen LogP contribution in [0.4, 0.5) is 0 Å². The summed E-state index contributed by atoms with van der Waals surface area (Å²) in [5, 5.41) is 0. The second kappa shape index (κ2) is 7.25. The summed E-state index contributed by atoms with van der Waals surface area (Å²) in [6.07, 6.45) is 9.81. The first-order valence-electron chi connectivity index (χ1n) is 6.93. The van der Waals surface area contributed by atoms with Crippen molar-refractivity contribution in [3.05, 3.63) is 0 Å². The third-order valence-corrected chi connectivity index (χ3v) is 6.93. The van der Waals surface area contributed by atoms with Crippen molar-refractivity contribution in [3.63, 3.8) is 0 Å². The highest BCUT2D eigenvalue weighted by Gasteiger charge is 2.31. The van der Waals surface area contributed by atoms with Gasteiger partial charge in [-0.1, -0.05) is 55.6 Å². The Labute approximate surface area is 119 Å². The molecule has 1 saturated heterocycles. The Bertz CT molecular complexity index is 251. The second-order valence-electron chi connectivity index (χ2n) is 5.12. The minimum atomic E-state index is 0.737. The lowest BCUT2D eigenvalue weighted by Crippen LogP contribution is -2.45. The van der Waals surface area contributed by atoms with E-state index in [9.17, 15) is 0 Å². The predicted molar refractivity (Wildman–Crippen MR) is 84.6 cm³/mol. The van der Waals surface area contributed by atoms with Crippen molar-refractivity contribution in [1.82, 2.24) is 4.90 Å². The molecule has 1 aliphatic heterocycles. The van der Waals surface area contributed by atoms with Crippen molar-refractivity contribution in [2.45, 2.75) is 57.9 Å². The molecule has 0 bridgehead atoms.